The summed E-state index contributed by atoms with van der Waals surface area (Å²) >= 11 is 0. The number of halogens is 1. The second-order valence-corrected chi connectivity index (χ2v) is 6.60. The Morgan fingerprint density at radius 1 is 1.13 bits per heavy atom. The van der Waals surface area contributed by atoms with Crippen molar-refractivity contribution in [1.82, 2.24) is 14.5 Å². The molecule has 4 aromatic rings. The number of hydrogen-bond donors (Lipinski definition) is 1. The number of nitrogens with zero attached hydrogens (tertiary/aromatic N) is 2. The van der Waals surface area contributed by atoms with E-state index in [4.69, 9.17) is 9.15 Å². The van der Waals surface area contributed by atoms with Gasteiger partial charge in [-0.25, -0.2) is 13.8 Å². The maximum Gasteiger partial charge on any atom is 0.336 e. The first-order valence-electron chi connectivity index (χ1n) is 9.20. The first-order chi connectivity index (χ1) is 14.5. The molecule has 0 bridgehead atoms. The Balaban J connectivity index is 1.97. The molecule has 0 saturated heterocycles. The molecular weight excluding hydrogens is 393 g/mol. The zero-order valence-electron chi connectivity index (χ0n) is 16.1. The molecule has 1 N–H and O–H groups in total. The van der Waals surface area contributed by atoms with Crippen LogP contribution in [0.15, 0.2) is 62.5 Å². The van der Waals surface area contributed by atoms with Crippen molar-refractivity contribution >= 4 is 28.0 Å². The number of fused-ring (bicyclic) bond motifs is 3. The lowest BCUT2D eigenvalue weighted by molar-refractivity contribution is -0.121. The summed E-state index contributed by atoms with van der Waals surface area (Å²) < 4.78 is 26.0. The van der Waals surface area contributed by atoms with E-state index in [-0.39, 0.29) is 29.9 Å². The molecular formula is C21H18FN3O5. The van der Waals surface area contributed by atoms with Gasteiger partial charge in [0.05, 0.1) is 12.3 Å². The van der Waals surface area contributed by atoms with E-state index >= 15 is 0 Å². The molecule has 9 heteroatoms. The molecule has 2 aromatic heterocycles. The number of aromatic nitrogens is 2. The van der Waals surface area contributed by atoms with E-state index < -0.39 is 23.0 Å². The molecule has 0 radical (unpaired) electrons. The van der Waals surface area contributed by atoms with Gasteiger partial charge in [0.25, 0.3) is 0 Å². The van der Waals surface area contributed by atoms with E-state index in [9.17, 15) is 18.8 Å². The van der Waals surface area contributed by atoms with Gasteiger partial charge in [-0.2, -0.15) is 0 Å². The van der Waals surface area contributed by atoms with Crippen LogP contribution in [0.1, 0.15) is 0 Å². The number of nitrogens with one attached hydrogen (secondary N) is 1. The summed E-state index contributed by atoms with van der Waals surface area (Å²) in [5.74, 6) is -0.931. The quantitative estimate of drug-likeness (QED) is 0.488. The minimum absolute atomic E-state index is 0.0650. The molecule has 2 heterocycles. The highest BCUT2D eigenvalue weighted by atomic mass is 19.1. The highest BCUT2D eigenvalue weighted by Gasteiger charge is 2.22. The van der Waals surface area contributed by atoms with E-state index in [1.165, 1.54) is 23.8 Å². The minimum atomic E-state index is -0.729. The average molecular weight is 411 g/mol. The first-order valence-corrected chi connectivity index (χ1v) is 9.20. The topological polar surface area (TPSA) is 95.5 Å². The third-order valence-electron chi connectivity index (χ3n) is 4.67. The molecule has 30 heavy (non-hydrogen) atoms. The van der Waals surface area contributed by atoms with Gasteiger partial charge in [-0.1, -0.05) is 12.1 Å². The Labute approximate surface area is 169 Å². The summed E-state index contributed by atoms with van der Waals surface area (Å²) in [6, 6.07) is 11.8. The van der Waals surface area contributed by atoms with E-state index in [1.807, 2.05) is 0 Å². The second-order valence-electron chi connectivity index (χ2n) is 6.60. The smallest absolute Gasteiger partial charge is 0.336 e. The van der Waals surface area contributed by atoms with E-state index in [2.05, 4.69) is 5.32 Å². The molecule has 0 spiro atoms. The molecule has 0 unspecified atom stereocenters. The van der Waals surface area contributed by atoms with E-state index in [0.717, 1.165) is 16.7 Å². The van der Waals surface area contributed by atoms with Gasteiger partial charge in [-0.15, -0.1) is 0 Å². The number of hydrogen-bond acceptors (Lipinski definition) is 5. The fourth-order valence-electron chi connectivity index (χ4n) is 3.31. The van der Waals surface area contributed by atoms with E-state index in [1.54, 1.807) is 24.3 Å². The number of benzene rings is 2. The largest absolute Gasteiger partial charge is 0.449 e. The Morgan fingerprint density at radius 2 is 1.87 bits per heavy atom. The summed E-state index contributed by atoms with van der Waals surface area (Å²) in [6.45, 7) is 0.265. The van der Waals surface area contributed by atoms with Crippen LogP contribution < -0.4 is 16.6 Å². The molecule has 0 atom stereocenters. The zero-order valence-corrected chi connectivity index (χ0v) is 16.1. The average Bonchev–Trinajstić information content (AvgIpc) is 3.13. The highest BCUT2D eigenvalue weighted by Crippen LogP contribution is 2.25. The van der Waals surface area contributed by atoms with Crippen molar-refractivity contribution in [2.75, 3.05) is 20.3 Å². The van der Waals surface area contributed by atoms with Crippen molar-refractivity contribution in [1.29, 1.82) is 0 Å². The number of amides is 1. The molecule has 0 aliphatic rings. The van der Waals surface area contributed by atoms with Crippen molar-refractivity contribution < 1.29 is 18.3 Å². The number of carbonyl (C=O) groups is 1. The molecule has 0 aliphatic heterocycles. The standard InChI is InChI=1S/C21H18FN3O5/c1-29-11-10-23-17(26)12-24-18-15-4-2-3-5-16(15)30-19(18)20(27)25(21(24)28)14-8-6-13(22)7-9-14/h2-9H,10-12H2,1H3,(H,23,26). The Hall–Kier alpha value is -3.72. The van der Waals surface area contributed by atoms with Crippen LogP contribution in [-0.4, -0.2) is 35.3 Å². The summed E-state index contributed by atoms with van der Waals surface area (Å²) in [5, 5.41) is 3.19. The zero-order chi connectivity index (χ0) is 21.3. The molecule has 8 nitrogen and oxygen atoms in total. The lowest BCUT2D eigenvalue weighted by Gasteiger charge is -2.12. The fraction of sp³-hybridized carbons (Fsp3) is 0.190. The molecule has 154 valence electrons. The SMILES string of the molecule is COCCNC(=O)Cn1c(=O)n(-c2ccc(F)cc2)c(=O)c2oc3ccccc3c21. The Bertz CT molecular complexity index is 1350. The normalized spacial score (nSPS) is 11.3. The monoisotopic (exact) mass is 411 g/mol. The van der Waals surface area contributed by atoms with Gasteiger partial charge in [0, 0.05) is 19.0 Å². The van der Waals surface area contributed by atoms with Crippen LogP contribution in [0.2, 0.25) is 0 Å². The van der Waals surface area contributed by atoms with Crippen molar-refractivity contribution in [2.45, 2.75) is 6.54 Å². The molecule has 0 fully saturated rings. The van der Waals surface area contributed by atoms with Gasteiger partial charge in [0.15, 0.2) is 0 Å². The van der Waals surface area contributed by atoms with Gasteiger partial charge >= 0.3 is 11.2 Å². The van der Waals surface area contributed by atoms with Crippen molar-refractivity contribution in [2.24, 2.45) is 0 Å². The third kappa shape index (κ3) is 3.39. The molecule has 2 aromatic carbocycles. The lowest BCUT2D eigenvalue weighted by Crippen LogP contribution is -2.42. The van der Waals surface area contributed by atoms with Crippen LogP contribution in [0.25, 0.3) is 27.8 Å². The van der Waals surface area contributed by atoms with Gasteiger partial charge in [-0.05, 0) is 36.4 Å². The Morgan fingerprint density at radius 3 is 2.60 bits per heavy atom. The van der Waals surface area contributed by atoms with Crippen molar-refractivity contribution in [3.05, 3.63) is 75.2 Å². The van der Waals surface area contributed by atoms with Crippen LogP contribution in [-0.2, 0) is 16.1 Å². The summed E-state index contributed by atoms with van der Waals surface area (Å²) in [7, 11) is 1.51. The van der Waals surface area contributed by atoms with Gasteiger partial charge < -0.3 is 14.5 Å². The number of furan rings is 1. The van der Waals surface area contributed by atoms with Gasteiger partial charge in [0.2, 0.25) is 11.5 Å². The molecule has 0 saturated carbocycles. The van der Waals surface area contributed by atoms with Crippen LogP contribution in [0.5, 0.6) is 0 Å². The maximum atomic E-state index is 13.3. The van der Waals surface area contributed by atoms with Gasteiger partial charge in [0.1, 0.15) is 23.5 Å². The first kappa shape index (κ1) is 19.6. The van der Waals surface area contributed by atoms with Gasteiger partial charge in [-0.3, -0.25) is 14.2 Å². The predicted octanol–water partition coefficient (Wildman–Crippen LogP) is 1.80. The number of ether oxygens (including phenoxy) is 1. The van der Waals surface area contributed by atoms with E-state index in [0.29, 0.717) is 17.6 Å². The predicted molar refractivity (Wildman–Crippen MR) is 108 cm³/mol. The number of rotatable bonds is 6. The van der Waals surface area contributed by atoms with Crippen LogP contribution in [0.4, 0.5) is 4.39 Å². The number of methoxy groups -OCH3 is 1. The second kappa shape index (κ2) is 7.96. The third-order valence-corrected chi connectivity index (χ3v) is 4.67. The Kier molecular flexibility index (Phi) is 5.20. The van der Waals surface area contributed by atoms with Crippen LogP contribution >= 0.6 is 0 Å². The fourth-order valence-corrected chi connectivity index (χ4v) is 3.31. The number of para-hydroxylation sites is 1. The van der Waals surface area contributed by atoms with Crippen LogP contribution in [0.3, 0.4) is 0 Å². The summed E-state index contributed by atoms with van der Waals surface area (Å²) in [6.07, 6.45) is 0. The highest BCUT2D eigenvalue weighted by molar-refractivity contribution is 6.02. The molecule has 1 amide bonds. The summed E-state index contributed by atoms with van der Waals surface area (Å²) in [4.78, 5) is 38.8. The van der Waals surface area contributed by atoms with Crippen molar-refractivity contribution in [3.63, 3.8) is 0 Å². The molecule has 0 aliphatic carbocycles. The van der Waals surface area contributed by atoms with Crippen molar-refractivity contribution in [3.8, 4) is 5.69 Å². The minimum Gasteiger partial charge on any atom is -0.449 e. The summed E-state index contributed by atoms with van der Waals surface area (Å²) in [5.41, 5.74) is -0.663. The van der Waals surface area contributed by atoms with Crippen LogP contribution in [0, 0.1) is 5.82 Å². The lowest BCUT2D eigenvalue weighted by atomic mass is 10.2. The molecule has 4 rings (SSSR count). The maximum absolute atomic E-state index is 13.3. The number of carbonyl (C=O) groups excluding carboxylic acids is 1.